The summed E-state index contributed by atoms with van der Waals surface area (Å²) in [5.41, 5.74) is -1.43. The predicted molar refractivity (Wildman–Crippen MR) is 54.4 cm³/mol. The first-order chi connectivity index (χ1) is 6.45. The Balaban J connectivity index is 5.69. The van der Waals surface area contributed by atoms with Crippen LogP contribution in [-0.4, -0.2) is 34.4 Å². The van der Waals surface area contributed by atoms with E-state index >= 15 is 0 Å². The van der Waals surface area contributed by atoms with Gasteiger partial charge in [-0.2, -0.15) is 0 Å². The zero-order valence-electron chi connectivity index (χ0n) is 8.61. The molecule has 92 valence electrons. The summed E-state index contributed by atoms with van der Waals surface area (Å²) in [5.74, 6) is 0. The molecule has 0 aromatic heterocycles. The van der Waals surface area contributed by atoms with Crippen LogP contribution in [0.25, 0.3) is 0 Å². The van der Waals surface area contributed by atoms with Crippen molar-refractivity contribution in [3.05, 3.63) is 0 Å². The van der Waals surface area contributed by atoms with Crippen LogP contribution < -0.4 is 0 Å². The maximum absolute atomic E-state index is 11.2. The van der Waals surface area contributed by atoms with Crippen LogP contribution in [0, 0.1) is 0 Å². The van der Waals surface area contributed by atoms with E-state index in [1.165, 1.54) is 20.8 Å². The monoisotopic (exact) mass is 262 g/mol. The van der Waals surface area contributed by atoms with Gasteiger partial charge in [-0.05, 0) is 0 Å². The molecule has 0 saturated heterocycles. The Kier molecular flexibility index (Phi) is 4.01. The summed E-state index contributed by atoms with van der Waals surface area (Å²) in [4.78, 5) is 30.3. The van der Waals surface area contributed by atoms with Crippen molar-refractivity contribution < 1.29 is 32.1 Å². The van der Waals surface area contributed by atoms with E-state index in [1.807, 2.05) is 0 Å². The Hall–Kier alpha value is -0.110. The molecule has 0 heterocycles. The van der Waals surface area contributed by atoms with E-state index in [2.05, 4.69) is 4.52 Å². The molecule has 0 aliphatic carbocycles. The fraction of sp³-hybridized carbons (Fsp3) is 0.833. The molecule has 0 bridgehead atoms. The Bertz CT molecular complexity index is 358. The molecule has 0 aliphatic heterocycles. The second-order valence-electron chi connectivity index (χ2n) is 3.22. The molecular formula is C6H15O7PS. The fourth-order valence-corrected chi connectivity index (χ4v) is 4.68. The molecule has 9 heteroatoms. The van der Waals surface area contributed by atoms with Gasteiger partial charge in [0.2, 0.25) is 0 Å². The first-order valence-corrected chi connectivity index (χ1v) is 8.26. The number of hydrogen-bond donors (Lipinski definition) is 3. The van der Waals surface area contributed by atoms with Crippen molar-refractivity contribution >= 4 is 21.7 Å². The van der Waals surface area contributed by atoms with Crippen LogP contribution in [0.1, 0.15) is 27.2 Å². The van der Waals surface area contributed by atoms with Gasteiger partial charge < -0.3 is 0 Å². The van der Waals surface area contributed by atoms with Crippen molar-refractivity contribution in [1.82, 2.24) is 0 Å². The van der Waals surface area contributed by atoms with Gasteiger partial charge in [-0.15, -0.1) is 0 Å². The molecule has 0 atom stereocenters. The van der Waals surface area contributed by atoms with E-state index in [0.717, 1.165) is 0 Å². The molecule has 7 nitrogen and oxygen atoms in total. The SMILES string of the molecule is CCC(=O)P(O)(O)(OC(C)C)S(=O)(=O)O. The van der Waals surface area contributed by atoms with Crippen molar-refractivity contribution in [2.45, 2.75) is 33.3 Å². The third kappa shape index (κ3) is 2.52. The Labute approximate surface area is 87.7 Å². The molecule has 0 aliphatic rings. The minimum atomic E-state index is -6.21. The van der Waals surface area contributed by atoms with E-state index in [1.54, 1.807) is 0 Å². The fourth-order valence-electron chi connectivity index (χ4n) is 0.892. The third-order valence-electron chi connectivity index (χ3n) is 1.55. The topological polar surface area (TPSA) is 121 Å². The van der Waals surface area contributed by atoms with E-state index in [4.69, 9.17) is 4.55 Å². The Morgan fingerprint density at radius 2 is 1.80 bits per heavy atom. The second-order valence-corrected chi connectivity index (χ2v) is 9.93. The summed E-state index contributed by atoms with van der Waals surface area (Å²) in [7, 11) is -5.40. The number of hydrogen-bond acceptors (Lipinski definition) is 6. The van der Waals surface area contributed by atoms with Gasteiger partial charge in [-0.25, -0.2) is 0 Å². The first-order valence-electron chi connectivity index (χ1n) is 4.16. The molecule has 0 radical (unpaired) electrons. The molecule has 0 amide bonds. The van der Waals surface area contributed by atoms with Crippen LogP contribution in [0.3, 0.4) is 0 Å². The molecule has 0 fully saturated rings. The van der Waals surface area contributed by atoms with Gasteiger partial charge in [0, 0.05) is 0 Å². The van der Waals surface area contributed by atoms with Gasteiger partial charge >= 0.3 is 87.1 Å². The van der Waals surface area contributed by atoms with Crippen molar-refractivity contribution in [3.63, 3.8) is 0 Å². The zero-order chi connectivity index (χ0) is 12.5. The van der Waals surface area contributed by atoms with Crippen LogP contribution >= 0.6 is 6.49 Å². The number of rotatable bonds is 5. The van der Waals surface area contributed by atoms with E-state index in [-0.39, 0.29) is 0 Å². The summed E-state index contributed by atoms with van der Waals surface area (Å²) in [5, 5.41) is 0. The van der Waals surface area contributed by atoms with Crippen LogP contribution in [0.2, 0.25) is 0 Å². The first kappa shape index (κ1) is 14.9. The molecule has 0 rings (SSSR count). The van der Waals surface area contributed by atoms with Gasteiger partial charge in [0.25, 0.3) is 0 Å². The standard InChI is InChI=1S/C6H15O7PS/c1-4-6(7)14(8,9,13-5(2)3)15(10,11)12/h5,8-9H,4H2,1-3H3,(H,10,11,12). The molecule has 3 N–H and O–H groups in total. The molecule has 0 aromatic carbocycles. The summed E-state index contributed by atoms with van der Waals surface area (Å²) in [6.45, 7) is -2.37. The number of carbonyl (C=O) groups excluding carboxylic acids is 1. The van der Waals surface area contributed by atoms with Crippen LogP contribution in [-0.2, 0) is 19.1 Å². The summed E-state index contributed by atoms with van der Waals surface area (Å²) in [6.07, 6.45) is -1.41. The summed E-state index contributed by atoms with van der Waals surface area (Å²) >= 11 is 0. The van der Waals surface area contributed by atoms with E-state index in [9.17, 15) is 23.0 Å². The van der Waals surface area contributed by atoms with Crippen molar-refractivity contribution in [2.75, 3.05) is 0 Å². The second kappa shape index (κ2) is 4.04. The Morgan fingerprint density at radius 3 is 2.00 bits per heavy atom. The van der Waals surface area contributed by atoms with Gasteiger partial charge in [-0.3, -0.25) is 0 Å². The third-order valence-corrected chi connectivity index (χ3v) is 7.71. The van der Waals surface area contributed by atoms with Crippen LogP contribution in [0.15, 0.2) is 0 Å². The molecule has 0 saturated carbocycles. The van der Waals surface area contributed by atoms with Gasteiger partial charge in [-0.1, -0.05) is 0 Å². The minimum absolute atomic E-state index is 0.475. The van der Waals surface area contributed by atoms with Crippen molar-refractivity contribution in [2.24, 2.45) is 0 Å². The number of carbonyl (C=O) groups is 1. The maximum atomic E-state index is 11.2. The average molecular weight is 262 g/mol. The molecule has 15 heavy (non-hydrogen) atoms. The van der Waals surface area contributed by atoms with Crippen molar-refractivity contribution in [1.29, 1.82) is 0 Å². The summed E-state index contributed by atoms with van der Waals surface area (Å²) in [6, 6.07) is 0. The molecule has 0 spiro atoms. The van der Waals surface area contributed by atoms with Gasteiger partial charge in [0.1, 0.15) is 0 Å². The Morgan fingerprint density at radius 1 is 1.40 bits per heavy atom. The normalized spacial score (nSPS) is 16.1. The molecule has 0 aromatic rings. The average Bonchev–Trinajstić information content (AvgIpc) is 1.98. The van der Waals surface area contributed by atoms with Crippen molar-refractivity contribution in [3.8, 4) is 0 Å². The molecule has 0 unspecified atom stereocenters. The van der Waals surface area contributed by atoms with Crippen LogP contribution in [0.5, 0.6) is 0 Å². The predicted octanol–water partition coefficient (Wildman–Crippen LogP) is 0.434. The van der Waals surface area contributed by atoms with Gasteiger partial charge in [0.15, 0.2) is 0 Å². The molecular weight excluding hydrogens is 247 g/mol. The quantitative estimate of drug-likeness (QED) is 0.485. The summed E-state index contributed by atoms with van der Waals surface area (Å²) < 4.78 is 34.9. The zero-order valence-corrected chi connectivity index (χ0v) is 10.3. The van der Waals surface area contributed by atoms with E-state index < -0.39 is 34.3 Å². The van der Waals surface area contributed by atoms with Crippen LogP contribution in [0.4, 0.5) is 0 Å². The van der Waals surface area contributed by atoms with E-state index in [0.29, 0.717) is 0 Å². The van der Waals surface area contributed by atoms with Gasteiger partial charge in [0.05, 0.1) is 0 Å².